The second-order valence-electron chi connectivity index (χ2n) is 8.58. The fourth-order valence-corrected chi connectivity index (χ4v) is 5.63. The quantitative estimate of drug-likeness (QED) is 0.275. The molecule has 0 radical (unpaired) electrons. The lowest BCUT2D eigenvalue weighted by Gasteiger charge is -2.24. The molecule has 0 bridgehead atoms. The fraction of sp³-hybridized carbons (Fsp3) is 0.107. The van der Waals surface area contributed by atoms with Gasteiger partial charge in [0, 0.05) is 5.39 Å². The van der Waals surface area contributed by atoms with Crippen LogP contribution in [-0.2, 0) is 4.79 Å². The van der Waals surface area contributed by atoms with Crippen molar-refractivity contribution < 1.29 is 33.7 Å². The van der Waals surface area contributed by atoms with Crippen molar-refractivity contribution in [3.63, 3.8) is 0 Å². The van der Waals surface area contributed by atoms with E-state index in [2.05, 4.69) is 4.98 Å². The Balaban J connectivity index is 1.50. The van der Waals surface area contributed by atoms with Gasteiger partial charge in [-0.2, -0.15) is 0 Å². The minimum atomic E-state index is -1.07. The largest absolute Gasteiger partial charge is 0.508 e. The maximum absolute atomic E-state index is 13.8. The third-order valence-electron chi connectivity index (χ3n) is 6.38. The zero-order chi connectivity index (χ0) is 26.6. The number of aromatic hydroxyl groups is 1. The number of hydrogen-bond donors (Lipinski definition) is 2. The number of carbonyl (C=O) groups is 2. The summed E-state index contributed by atoms with van der Waals surface area (Å²) in [4.78, 5) is 33.2. The van der Waals surface area contributed by atoms with Crippen LogP contribution in [0.5, 0.6) is 17.2 Å². The van der Waals surface area contributed by atoms with Crippen LogP contribution in [0.15, 0.2) is 82.5 Å². The molecule has 2 aromatic heterocycles. The fourth-order valence-electron chi connectivity index (χ4n) is 4.61. The van der Waals surface area contributed by atoms with Crippen molar-refractivity contribution in [1.29, 1.82) is 0 Å². The first kappa shape index (κ1) is 23.6. The van der Waals surface area contributed by atoms with Crippen LogP contribution in [-0.4, -0.2) is 41.1 Å². The summed E-state index contributed by atoms with van der Waals surface area (Å²) in [5, 5.41) is 22.2. The summed E-state index contributed by atoms with van der Waals surface area (Å²) in [6, 6.07) is 17.2. The maximum atomic E-state index is 13.8. The lowest BCUT2D eigenvalue weighted by Crippen LogP contribution is -2.30. The Kier molecular flexibility index (Phi) is 5.54. The predicted octanol–water partition coefficient (Wildman–Crippen LogP) is 5.55. The molecule has 3 aromatic carbocycles. The zero-order valence-corrected chi connectivity index (χ0v) is 21.0. The molecule has 2 N–H and O–H groups in total. The molecule has 0 spiro atoms. The second-order valence-corrected chi connectivity index (χ2v) is 9.59. The first-order valence-electron chi connectivity index (χ1n) is 11.5. The molecular weight excluding hydrogens is 508 g/mol. The number of rotatable bonds is 6. The third-order valence-corrected chi connectivity index (χ3v) is 7.40. The van der Waals surface area contributed by atoms with Crippen molar-refractivity contribution >= 4 is 49.3 Å². The number of anilines is 1. The molecule has 0 aliphatic carbocycles. The highest BCUT2D eigenvalue weighted by atomic mass is 32.1. The number of phenols is 1. The Labute approximate surface area is 219 Å². The molecule has 9 nitrogen and oxygen atoms in total. The van der Waals surface area contributed by atoms with E-state index in [1.54, 1.807) is 55.6 Å². The summed E-state index contributed by atoms with van der Waals surface area (Å²) >= 11 is 1.21. The predicted molar refractivity (Wildman–Crippen MR) is 141 cm³/mol. The molecular formula is C28H20N2O7S. The number of phenolic OH excluding ortho intramolecular Hbond substituents is 1. The first-order valence-corrected chi connectivity index (χ1v) is 12.3. The number of furan rings is 1. The minimum Gasteiger partial charge on any atom is -0.508 e. The number of fused-ring (bicyclic) bond motifs is 2. The summed E-state index contributed by atoms with van der Waals surface area (Å²) in [5.41, 5.74) is 1.22. The number of ether oxygens (including phenoxy) is 2. The number of aromatic nitrogens is 1. The topological polar surface area (TPSA) is 122 Å². The van der Waals surface area contributed by atoms with Gasteiger partial charge in [-0.3, -0.25) is 14.5 Å². The standard InChI is InChI=1S/C28H20N2O7S/c1-35-17-9-10-18-21(13-17)38-28(29-18)30-23(14-5-3-7-16(31)11-14)22(25(33)27(30)34)24(32)20-12-15-6-4-8-19(36-2)26(15)37-20/h3-13,23,31,33H,1-2H3. The molecule has 1 aliphatic heterocycles. The van der Waals surface area contributed by atoms with Crippen molar-refractivity contribution in [2.24, 2.45) is 0 Å². The van der Waals surface area contributed by atoms with E-state index in [0.29, 0.717) is 33.5 Å². The van der Waals surface area contributed by atoms with Crippen molar-refractivity contribution in [2.45, 2.75) is 6.04 Å². The summed E-state index contributed by atoms with van der Waals surface area (Å²) in [7, 11) is 3.05. The summed E-state index contributed by atoms with van der Waals surface area (Å²) < 4.78 is 17.2. The van der Waals surface area contributed by atoms with Gasteiger partial charge in [0.05, 0.1) is 36.1 Å². The number of benzene rings is 3. The van der Waals surface area contributed by atoms with Crippen molar-refractivity contribution in [1.82, 2.24) is 4.98 Å². The van der Waals surface area contributed by atoms with E-state index in [1.165, 1.54) is 41.5 Å². The smallest absolute Gasteiger partial charge is 0.296 e. The van der Waals surface area contributed by atoms with Crippen LogP contribution in [0.4, 0.5) is 5.13 Å². The highest BCUT2D eigenvalue weighted by molar-refractivity contribution is 7.22. The zero-order valence-electron chi connectivity index (χ0n) is 20.2. The van der Waals surface area contributed by atoms with Gasteiger partial charge in [-0.05, 0) is 48.0 Å². The second kappa shape index (κ2) is 8.93. The minimum absolute atomic E-state index is 0.0596. The van der Waals surface area contributed by atoms with Crippen LogP contribution in [0.2, 0.25) is 0 Å². The van der Waals surface area contributed by atoms with Gasteiger partial charge in [-0.15, -0.1) is 0 Å². The normalized spacial score (nSPS) is 15.6. The van der Waals surface area contributed by atoms with Crippen LogP contribution in [0, 0.1) is 0 Å². The molecule has 0 saturated carbocycles. The number of aliphatic hydroxyl groups excluding tert-OH is 1. The average Bonchev–Trinajstić information content (AvgIpc) is 3.61. The van der Waals surface area contributed by atoms with Crippen LogP contribution in [0.25, 0.3) is 21.2 Å². The number of carbonyl (C=O) groups excluding carboxylic acids is 2. The molecule has 6 rings (SSSR count). The first-order chi connectivity index (χ1) is 18.4. The molecule has 38 heavy (non-hydrogen) atoms. The Bertz CT molecular complexity index is 1780. The van der Waals surface area contributed by atoms with Crippen LogP contribution in [0.1, 0.15) is 22.2 Å². The summed E-state index contributed by atoms with van der Waals surface area (Å²) in [6.07, 6.45) is 0. The summed E-state index contributed by atoms with van der Waals surface area (Å²) in [6.45, 7) is 0. The molecule has 0 fully saturated rings. The number of ketones is 1. The monoisotopic (exact) mass is 528 g/mol. The number of Topliss-reactive ketones (excluding diaryl/α,β-unsaturated/α-hetero) is 1. The molecule has 0 saturated heterocycles. The Morgan fingerprint density at radius 1 is 1.03 bits per heavy atom. The van der Waals surface area contributed by atoms with Crippen LogP contribution in [0.3, 0.4) is 0 Å². The highest BCUT2D eigenvalue weighted by Crippen LogP contribution is 2.45. The average molecular weight is 529 g/mol. The van der Waals surface area contributed by atoms with E-state index in [-0.39, 0.29) is 22.2 Å². The number of para-hydroxylation sites is 1. The lowest BCUT2D eigenvalue weighted by atomic mass is 9.95. The van der Waals surface area contributed by atoms with E-state index < -0.39 is 23.5 Å². The molecule has 3 heterocycles. The third kappa shape index (κ3) is 3.65. The van der Waals surface area contributed by atoms with E-state index in [9.17, 15) is 19.8 Å². The van der Waals surface area contributed by atoms with Crippen LogP contribution >= 0.6 is 11.3 Å². The lowest BCUT2D eigenvalue weighted by molar-refractivity contribution is -0.117. The molecule has 5 aromatic rings. The van der Waals surface area contributed by atoms with Gasteiger partial charge in [0.15, 0.2) is 28.0 Å². The summed E-state index contributed by atoms with van der Waals surface area (Å²) in [5.74, 6) is -1.24. The Hall–Kier alpha value is -4.83. The van der Waals surface area contributed by atoms with Crippen molar-refractivity contribution in [3.8, 4) is 17.2 Å². The Morgan fingerprint density at radius 3 is 2.61 bits per heavy atom. The Morgan fingerprint density at radius 2 is 1.84 bits per heavy atom. The molecule has 1 aliphatic rings. The number of methoxy groups -OCH3 is 2. The highest BCUT2D eigenvalue weighted by Gasteiger charge is 2.46. The van der Waals surface area contributed by atoms with Gasteiger partial charge >= 0.3 is 0 Å². The molecule has 1 atom stereocenters. The number of aliphatic hydroxyl groups is 1. The maximum Gasteiger partial charge on any atom is 0.296 e. The van der Waals surface area contributed by atoms with Gasteiger partial charge in [0.25, 0.3) is 5.91 Å². The van der Waals surface area contributed by atoms with Gasteiger partial charge < -0.3 is 24.1 Å². The van der Waals surface area contributed by atoms with Gasteiger partial charge in [0.1, 0.15) is 11.5 Å². The van der Waals surface area contributed by atoms with Crippen molar-refractivity contribution in [3.05, 3.63) is 89.4 Å². The van der Waals surface area contributed by atoms with Crippen molar-refractivity contribution in [2.75, 3.05) is 19.1 Å². The number of thiazole rings is 1. The van der Waals surface area contributed by atoms with E-state index in [4.69, 9.17) is 13.9 Å². The number of amides is 1. The SMILES string of the molecule is COc1ccc2nc(N3C(=O)C(O)=C(C(=O)c4cc5cccc(OC)c5o4)C3c3cccc(O)c3)sc2c1. The van der Waals surface area contributed by atoms with Gasteiger partial charge in [-0.25, -0.2) is 4.98 Å². The molecule has 1 amide bonds. The van der Waals surface area contributed by atoms with Gasteiger partial charge in [0.2, 0.25) is 5.78 Å². The van der Waals surface area contributed by atoms with E-state index in [0.717, 1.165) is 4.70 Å². The number of hydrogen-bond acceptors (Lipinski definition) is 9. The van der Waals surface area contributed by atoms with Crippen LogP contribution < -0.4 is 14.4 Å². The van der Waals surface area contributed by atoms with E-state index in [1.807, 2.05) is 0 Å². The van der Waals surface area contributed by atoms with Gasteiger partial charge in [-0.1, -0.05) is 35.6 Å². The molecule has 10 heteroatoms. The molecule has 190 valence electrons. The number of nitrogens with zero attached hydrogens (tertiary/aromatic N) is 2. The molecule has 1 unspecified atom stereocenters. The van der Waals surface area contributed by atoms with E-state index >= 15 is 0 Å².